The standard InChI is InChI=1S/C18H17NO2/c1-12-8-9-16-14(10-12)15(18(21)19(16)2)11-17(20)13-6-4-3-5-7-13/h3-10,15H,11H2,1-2H3. The highest BCUT2D eigenvalue weighted by Crippen LogP contribution is 2.39. The van der Waals surface area contributed by atoms with Crippen LogP contribution in [0.5, 0.6) is 0 Å². The van der Waals surface area contributed by atoms with Crippen LogP contribution in [0.3, 0.4) is 0 Å². The van der Waals surface area contributed by atoms with Crippen LogP contribution in [0.1, 0.15) is 33.8 Å². The van der Waals surface area contributed by atoms with Crippen LogP contribution in [0.15, 0.2) is 48.5 Å². The highest BCUT2D eigenvalue weighted by molar-refractivity contribution is 6.08. The molecule has 0 radical (unpaired) electrons. The van der Waals surface area contributed by atoms with Gasteiger partial charge < -0.3 is 4.90 Å². The predicted octanol–water partition coefficient (Wildman–Crippen LogP) is 3.33. The van der Waals surface area contributed by atoms with Gasteiger partial charge in [0.05, 0.1) is 5.92 Å². The van der Waals surface area contributed by atoms with E-state index in [0.717, 1.165) is 16.8 Å². The summed E-state index contributed by atoms with van der Waals surface area (Å²) >= 11 is 0. The Morgan fingerprint density at radius 2 is 1.86 bits per heavy atom. The third-order valence-corrected chi connectivity index (χ3v) is 4.03. The lowest BCUT2D eigenvalue weighted by atomic mass is 9.92. The minimum absolute atomic E-state index is 0.000110. The molecule has 1 aliphatic rings. The molecule has 1 atom stereocenters. The minimum Gasteiger partial charge on any atom is -0.315 e. The summed E-state index contributed by atoms with van der Waals surface area (Å²) in [7, 11) is 1.77. The zero-order chi connectivity index (χ0) is 15.0. The lowest BCUT2D eigenvalue weighted by Gasteiger charge is -2.10. The van der Waals surface area contributed by atoms with Crippen molar-refractivity contribution in [3.63, 3.8) is 0 Å². The minimum atomic E-state index is -0.363. The monoisotopic (exact) mass is 279 g/mol. The number of anilines is 1. The average Bonchev–Trinajstić information content (AvgIpc) is 2.73. The molecule has 21 heavy (non-hydrogen) atoms. The van der Waals surface area contributed by atoms with Crippen LogP contribution >= 0.6 is 0 Å². The van der Waals surface area contributed by atoms with Crippen molar-refractivity contribution < 1.29 is 9.59 Å². The number of fused-ring (bicyclic) bond motifs is 1. The summed E-state index contributed by atoms with van der Waals surface area (Å²) in [6.45, 7) is 2.00. The van der Waals surface area contributed by atoms with Gasteiger partial charge in [0.2, 0.25) is 5.91 Å². The van der Waals surface area contributed by atoms with Gasteiger partial charge in [-0.1, -0.05) is 48.0 Å². The third kappa shape index (κ3) is 2.35. The van der Waals surface area contributed by atoms with Gasteiger partial charge in [-0.3, -0.25) is 9.59 Å². The molecule has 0 bridgehead atoms. The van der Waals surface area contributed by atoms with E-state index in [4.69, 9.17) is 0 Å². The molecule has 2 aromatic rings. The zero-order valence-corrected chi connectivity index (χ0v) is 12.2. The topological polar surface area (TPSA) is 37.4 Å². The molecule has 0 aliphatic carbocycles. The van der Waals surface area contributed by atoms with Crippen LogP contribution < -0.4 is 4.90 Å². The number of aryl methyl sites for hydroxylation is 1. The second kappa shape index (κ2) is 5.17. The summed E-state index contributed by atoms with van der Waals surface area (Å²) in [4.78, 5) is 26.4. The molecule has 1 unspecified atom stereocenters. The molecule has 1 heterocycles. The largest absolute Gasteiger partial charge is 0.315 e. The second-order valence-electron chi connectivity index (χ2n) is 5.51. The Labute approximate surface area is 124 Å². The summed E-state index contributed by atoms with van der Waals surface area (Å²) in [6.07, 6.45) is 0.226. The van der Waals surface area contributed by atoms with Gasteiger partial charge in [0.15, 0.2) is 5.78 Å². The number of hydrogen-bond acceptors (Lipinski definition) is 2. The van der Waals surface area contributed by atoms with Crippen molar-refractivity contribution in [1.29, 1.82) is 0 Å². The summed E-state index contributed by atoms with van der Waals surface area (Å²) in [5.41, 5.74) is 3.64. The van der Waals surface area contributed by atoms with Crippen molar-refractivity contribution in [1.82, 2.24) is 0 Å². The number of ketones is 1. The molecule has 3 nitrogen and oxygen atoms in total. The van der Waals surface area contributed by atoms with Crippen molar-refractivity contribution in [3.8, 4) is 0 Å². The van der Waals surface area contributed by atoms with Crippen LogP contribution in [0.2, 0.25) is 0 Å². The van der Waals surface area contributed by atoms with Crippen molar-refractivity contribution in [2.24, 2.45) is 0 Å². The molecule has 0 fully saturated rings. The number of carbonyl (C=O) groups is 2. The van der Waals surface area contributed by atoms with Gasteiger partial charge in [0.25, 0.3) is 0 Å². The van der Waals surface area contributed by atoms with Crippen molar-refractivity contribution in [2.75, 3.05) is 11.9 Å². The highest BCUT2D eigenvalue weighted by Gasteiger charge is 2.36. The molecule has 0 aromatic heterocycles. The Balaban J connectivity index is 1.92. The maximum absolute atomic E-state index is 12.4. The Hall–Kier alpha value is -2.42. The van der Waals surface area contributed by atoms with Crippen molar-refractivity contribution >= 4 is 17.4 Å². The summed E-state index contributed by atoms with van der Waals surface area (Å²) in [5.74, 6) is -0.353. The fraction of sp³-hybridized carbons (Fsp3) is 0.222. The fourth-order valence-corrected chi connectivity index (χ4v) is 2.87. The summed E-state index contributed by atoms with van der Waals surface area (Å²) in [6, 6.07) is 15.1. The molecule has 2 aromatic carbocycles. The van der Waals surface area contributed by atoms with Crippen LogP contribution in [0.4, 0.5) is 5.69 Å². The van der Waals surface area contributed by atoms with E-state index in [-0.39, 0.29) is 24.0 Å². The van der Waals surface area contributed by atoms with E-state index in [1.54, 1.807) is 24.1 Å². The number of carbonyl (C=O) groups excluding carboxylic acids is 2. The van der Waals surface area contributed by atoms with Gasteiger partial charge in [0.1, 0.15) is 0 Å². The second-order valence-corrected chi connectivity index (χ2v) is 5.51. The maximum Gasteiger partial charge on any atom is 0.234 e. The first-order valence-electron chi connectivity index (χ1n) is 7.04. The lowest BCUT2D eigenvalue weighted by Crippen LogP contribution is -2.25. The first kappa shape index (κ1) is 13.6. The highest BCUT2D eigenvalue weighted by atomic mass is 16.2. The number of amides is 1. The van der Waals surface area contributed by atoms with Crippen molar-refractivity contribution in [3.05, 3.63) is 65.2 Å². The molecular weight excluding hydrogens is 262 g/mol. The van der Waals surface area contributed by atoms with Crippen LogP contribution in [-0.2, 0) is 4.79 Å². The molecule has 0 N–H and O–H groups in total. The Bertz CT molecular complexity index is 706. The van der Waals surface area contributed by atoms with E-state index >= 15 is 0 Å². The SMILES string of the molecule is Cc1ccc2c(c1)C(CC(=O)c1ccccc1)C(=O)N2C. The first-order chi connectivity index (χ1) is 10.1. The summed E-state index contributed by atoms with van der Waals surface area (Å²) in [5, 5.41) is 0. The quantitative estimate of drug-likeness (QED) is 0.808. The molecule has 1 aliphatic heterocycles. The maximum atomic E-state index is 12.4. The van der Waals surface area contributed by atoms with Gasteiger partial charge in [-0.2, -0.15) is 0 Å². The Morgan fingerprint density at radius 3 is 2.57 bits per heavy atom. The molecule has 0 saturated carbocycles. The predicted molar refractivity (Wildman–Crippen MR) is 82.7 cm³/mol. The van der Waals surface area contributed by atoms with E-state index in [9.17, 15) is 9.59 Å². The fourth-order valence-electron chi connectivity index (χ4n) is 2.87. The molecule has 0 spiro atoms. The van der Waals surface area contributed by atoms with Crippen molar-refractivity contribution in [2.45, 2.75) is 19.3 Å². The van der Waals surface area contributed by atoms with E-state index in [2.05, 4.69) is 0 Å². The van der Waals surface area contributed by atoms with Crippen LogP contribution in [0.25, 0.3) is 0 Å². The Morgan fingerprint density at radius 1 is 1.14 bits per heavy atom. The normalized spacial score (nSPS) is 17.0. The van der Waals surface area contributed by atoms with Gasteiger partial charge in [-0.25, -0.2) is 0 Å². The Kier molecular flexibility index (Phi) is 3.34. The number of hydrogen-bond donors (Lipinski definition) is 0. The molecule has 1 amide bonds. The van der Waals surface area contributed by atoms with Crippen LogP contribution in [-0.4, -0.2) is 18.7 Å². The molecule has 3 rings (SSSR count). The van der Waals surface area contributed by atoms with E-state index in [1.165, 1.54) is 0 Å². The molecule has 3 heteroatoms. The van der Waals surface area contributed by atoms with Gasteiger partial charge in [0, 0.05) is 24.7 Å². The lowest BCUT2D eigenvalue weighted by molar-refractivity contribution is -0.119. The van der Waals surface area contributed by atoms with Gasteiger partial charge in [-0.15, -0.1) is 0 Å². The average molecular weight is 279 g/mol. The van der Waals surface area contributed by atoms with Gasteiger partial charge in [-0.05, 0) is 18.6 Å². The first-order valence-corrected chi connectivity index (χ1v) is 7.04. The van der Waals surface area contributed by atoms with E-state index in [1.807, 2.05) is 43.3 Å². The molecule has 0 saturated heterocycles. The number of Topliss-reactive ketones (excluding diaryl/α,β-unsaturated/α-hetero) is 1. The van der Waals surface area contributed by atoms with E-state index in [0.29, 0.717) is 5.56 Å². The van der Waals surface area contributed by atoms with E-state index < -0.39 is 0 Å². The third-order valence-electron chi connectivity index (χ3n) is 4.03. The number of benzene rings is 2. The zero-order valence-electron chi connectivity index (χ0n) is 12.2. The van der Waals surface area contributed by atoms with Crippen LogP contribution in [0, 0.1) is 6.92 Å². The number of rotatable bonds is 3. The number of nitrogens with zero attached hydrogens (tertiary/aromatic N) is 1. The number of likely N-dealkylation sites (N-methyl/N-ethyl adjacent to an activating group) is 1. The molecule has 106 valence electrons. The summed E-state index contributed by atoms with van der Waals surface area (Å²) < 4.78 is 0. The molecular formula is C18H17NO2. The van der Waals surface area contributed by atoms with Gasteiger partial charge >= 0.3 is 0 Å². The smallest absolute Gasteiger partial charge is 0.234 e.